The van der Waals surface area contributed by atoms with E-state index in [-0.39, 0.29) is 30.9 Å². The number of hydrogen-bond donors (Lipinski definition) is 1. The Kier molecular flexibility index (Phi) is 6.44. The highest BCUT2D eigenvalue weighted by Crippen LogP contribution is 2.09. The lowest BCUT2D eigenvalue weighted by molar-refractivity contribution is -0.145. The van der Waals surface area contributed by atoms with E-state index in [1.807, 2.05) is 0 Å². The smallest absolute Gasteiger partial charge is 0.310 e. The fourth-order valence-electron chi connectivity index (χ4n) is 1.83. The summed E-state index contributed by atoms with van der Waals surface area (Å²) in [5.41, 5.74) is 1.25. The number of nitrogens with zero attached hydrogens (tertiary/aromatic N) is 1. The van der Waals surface area contributed by atoms with Crippen LogP contribution in [0.2, 0.25) is 0 Å². The maximum absolute atomic E-state index is 12.2. The molecule has 112 valence electrons. The van der Waals surface area contributed by atoms with E-state index in [4.69, 9.17) is 5.11 Å². The van der Waals surface area contributed by atoms with Gasteiger partial charge in [-0.2, -0.15) is 0 Å². The second-order valence-electron chi connectivity index (χ2n) is 4.65. The molecule has 0 aliphatic carbocycles. The van der Waals surface area contributed by atoms with Gasteiger partial charge in [0.2, 0.25) is 0 Å². The lowest BCUT2D eigenvalue weighted by atomic mass is 10.1. The molecule has 1 atom stereocenters. The van der Waals surface area contributed by atoms with E-state index in [1.165, 1.54) is 12.0 Å². The van der Waals surface area contributed by atoms with Gasteiger partial charge in [-0.3, -0.25) is 9.59 Å². The van der Waals surface area contributed by atoms with E-state index < -0.39 is 0 Å². The lowest BCUT2D eigenvalue weighted by Gasteiger charge is -2.20. The maximum atomic E-state index is 12.2. The van der Waals surface area contributed by atoms with Gasteiger partial charge >= 0.3 is 5.97 Å². The molecule has 21 heavy (non-hydrogen) atoms. The first-order chi connectivity index (χ1) is 9.99. The molecule has 1 aromatic rings. The Morgan fingerprint density at radius 3 is 2.48 bits per heavy atom. The maximum Gasteiger partial charge on any atom is 0.310 e. The molecule has 1 unspecified atom stereocenters. The molecule has 0 spiro atoms. The van der Waals surface area contributed by atoms with Crippen molar-refractivity contribution in [1.82, 2.24) is 4.90 Å². The van der Waals surface area contributed by atoms with Gasteiger partial charge in [0.1, 0.15) is 6.61 Å². The molecule has 5 nitrogen and oxygen atoms in total. The van der Waals surface area contributed by atoms with E-state index in [0.717, 1.165) is 5.56 Å². The van der Waals surface area contributed by atoms with E-state index in [1.54, 1.807) is 38.2 Å². The number of amides is 1. The molecule has 0 aliphatic rings. The first kappa shape index (κ1) is 16.7. The summed E-state index contributed by atoms with van der Waals surface area (Å²) >= 11 is 0. The third-order valence-electron chi connectivity index (χ3n) is 2.94. The van der Waals surface area contributed by atoms with Crippen molar-refractivity contribution in [3.05, 3.63) is 35.4 Å². The largest absolute Gasteiger partial charge is 0.469 e. The first-order valence-electron chi connectivity index (χ1n) is 6.52. The van der Waals surface area contributed by atoms with Gasteiger partial charge in [-0.15, -0.1) is 0 Å². The summed E-state index contributed by atoms with van der Waals surface area (Å²) in [7, 11) is 2.97. The van der Waals surface area contributed by atoms with Crippen LogP contribution in [0.5, 0.6) is 0 Å². The van der Waals surface area contributed by atoms with Crippen LogP contribution in [0.15, 0.2) is 24.3 Å². The van der Waals surface area contributed by atoms with Gasteiger partial charge in [0, 0.05) is 24.7 Å². The molecule has 1 rings (SSSR count). The standard InChI is InChI=1S/C16H19NO4/c1-12(16(20)21-3)11-17(2)15(19)14-8-6-13(7-9-14)5-4-10-18/h6-9,12,18H,10-11H2,1-3H3. The van der Waals surface area contributed by atoms with Crippen LogP contribution in [0.1, 0.15) is 22.8 Å². The second-order valence-corrected chi connectivity index (χ2v) is 4.65. The molecular weight excluding hydrogens is 270 g/mol. The third-order valence-corrected chi connectivity index (χ3v) is 2.94. The minimum Gasteiger partial charge on any atom is -0.469 e. The summed E-state index contributed by atoms with van der Waals surface area (Å²) in [5.74, 6) is 4.40. The van der Waals surface area contributed by atoms with E-state index in [0.29, 0.717) is 5.56 Å². The van der Waals surface area contributed by atoms with Crippen molar-refractivity contribution < 1.29 is 19.4 Å². The monoisotopic (exact) mass is 289 g/mol. The summed E-state index contributed by atoms with van der Waals surface area (Å²) in [6, 6.07) is 6.77. The zero-order valence-corrected chi connectivity index (χ0v) is 12.4. The summed E-state index contributed by atoms with van der Waals surface area (Å²) in [6.45, 7) is 1.80. The average molecular weight is 289 g/mol. The minimum absolute atomic E-state index is 0.174. The molecule has 5 heteroatoms. The van der Waals surface area contributed by atoms with E-state index in [2.05, 4.69) is 16.6 Å². The van der Waals surface area contributed by atoms with Crippen LogP contribution in [0.4, 0.5) is 0 Å². The zero-order chi connectivity index (χ0) is 15.8. The molecule has 0 saturated carbocycles. The van der Waals surface area contributed by atoms with Crippen molar-refractivity contribution in [2.45, 2.75) is 6.92 Å². The highest BCUT2D eigenvalue weighted by molar-refractivity contribution is 5.94. The van der Waals surface area contributed by atoms with Gasteiger partial charge in [-0.25, -0.2) is 0 Å². The summed E-state index contributed by atoms with van der Waals surface area (Å²) in [5, 5.41) is 8.62. The molecule has 0 bridgehead atoms. The summed E-state index contributed by atoms with van der Waals surface area (Å²) in [6.07, 6.45) is 0. The Hall–Kier alpha value is -2.32. The number of esters is 1. The number of carbonyl (C=O) groups excluding carboxylic acids is 2. The molecule has 0 radical (unpaired) electrons. The number of methoxy groups -OCH3 is 1. The van der Waals surface area contributed by atoms with Crippen LogP contribution in [0, 0.1) is 17.8 Å². The quantitative estimate of drug-likeness (QED) is 0.661. The molecule has 0 saturated heterocycles. The molecule has 0 aromatic heterocycles. The van der Waals surface area contributed by atoms with Crippen LogP contribution in [0.25, 0.3) is 0 Å². The predicted molar refractivity (Wildman–Crippen MR) is 78.5 cm³/mol. The number of ether oxygens (including phenoxy) is 1. The fourth-order valence-corrected chi connectivity index (χ4v) is 1.83. The topological polar surface area (TPSA) is 66.8 Å². The van der Waals surface area contributed by atoms with Crippen molar-refractivity contribution in [2.75, 3.05) is 27.3 Å². The Bertz CT molecular complexity index is 554. The van der Waals surface area contributed by atoms with Crippen molar-refractivity contribution in [2.24, 2.45) is 5.92 Å². The number of aliphatic hydroxyl groups excluding tert-OH is 1. The van der Waals surface area contributed by atoms with E-state index >= 15 is 0 Å². The first-order valence-corrected chi connectivity index (χ1v) is 6.52. The number of aliphatic hydroxyl groups is 1. The van der Waals surface area contributed by atoms with Gasteiger partial charge in [0.15, 0.2) is 0 Å². The Labute approximate surface area is 124 Å². The normalized spacial score (nSPS) is 11.0. The fraction of sp³-hybridized carbons (Fsp3) is 0.375. The number of rotatable bonds is 4. The van der Waals surface area contributed by atoms with Gasteiger partial charge in [-0.05, 0) is 24.3 Å². The highest BCUT2D eigenvalue weighted by atomic mass is 16.5. The second kappa shape index (κ2) is 8.08. The molecule has 1 aromatic carbocycles. The van der Waals surface area contributed by atoms with Crippen LogP contribution >= 0.6 is 0 Å². The summed E-state index contributed by atoms with van der Waals surface area (Å²) < 4.78 is 4.64. The third kappa shape index (κ3) is 4.93. The van der Waals surface area contributed by atoms with E-state index in [9.17, 15) is 9.59 Å². The number of benzene rings is 1. The summed E-state index contributed by atoms with van der Waals surface area (Å²) in [4.78, 5) is 25.1. The molecule has 0 heterocycles. The Morgan fingerprint density at radius 1 is 1.33 bits per heavy atom. The van der Waals surface area contributed by atoms with Crippen LogP contribution in [0.3, 0.4) is 0 Å². The average Bonchev–Trinajstić information content (AvgIpc) is 2.51. The molecule has 1 N–H and O–H groups in total. The zero-order valence-electron chi connectivity index (χ0n) is 12.4. The SMILES string of the molecule is COC(=O)C(C)CN(C)C(=O)c1ccc(C#CCO)cc1. The molecule has 1 amide bonds. The van der Waals surface area contributed by atoms with Crippen LogP contribution in [-0.2, 0) is 9.53 Å². The highest BCUT2D eigenvalue weighted by Gasteiger charge is 2.19. The van der Waals surface area contributed by atoms with Crippen LogP contribution < -0.4 is 0 Å². The van der Waals surface area contributed by atoms with Crippen molar-refractivity contribution >= 4 is 11.9 Å². The molecule has 0 aliphatic heterocycles. The van der Waals surface area contributed by atoms with Gasteiger partial charge in [0.05, 0.1) is 13.0 Å². The lowest BCUT2D eigenvalue weighted by Crippen LogP contribution is -2.34. The minimum atomic E-state index is -0.376. The Morgan fingerprint density at radius 2 is 1.95 bits per heavy atom. The number of hydrogen-bond acceptors (Lipinski definition) is 4. The van der Waals surface area contributed by atoms with Crippen molar-refractivity contribution in [3.8, 4) is 11.8 Å². The van der Waals surface area contributed by atoms with Crippen LogP contribution in [-0.4, -0.2) is 49.2 Å². The van der Waals surface area contributed by atoms with Crippen molar-refractivity contribution in [1.29, 1.82) is 0 Å². The molecular formula is C16H19NO4. The predicted octanol–water partition coefficient (Wildman–Crippen LogP) is 0.911. The number of carbonyl (C=O) groups is 2. The van der Waals surface area contributed by atoms with Crippen molar-refractivity contribution in [3.63, 3.8) is 0 Å². The molecule has 0 fully saturated rings. The van der Waals surface area contributed by atoms with Gasteiger partial charge < -0.3 is 14.7 Å². The van der Waals surface area contributed by atoms with Gasteiger partial charge in [0.25, 0.3) is 5.91 Å². The Balaban J connectivity index is 2.72. The van der Waals surface area contributed by atoms with Gasteiger partial charge in [-0.1, -0.05) is 18.8 Å².